The first-order valence-corrected chi connectivity index (χ1v) is 9.03. The third-order valence-electron chi connectivity index (χ3n) is 4.81. The zero-order valence-electron chi connectivity index (χ0n) is 15.6. The van der Waals surface area contributed by atoms with E-state index in [0.717, 1.165) is 18.6 Å². The average Bonchev–Trinajstić information content (AvgIpc) is 3.48. The molecule has 0 saturated heterocycles. The monoisotopic (exact) mass is 368 g/mol. The molecule has 2 aromatic rings. The van der Waals surface area contributed by atoms with E-state index in [-0.39, 0.29) is 18.1 Å². The molecular formula is C21H24N2O4. The maximum atomic E-state index is 12.4. The first-order valence-electron chi connectivity index (χ1n) is 9.03. The number of nitrogens with one attached hydrogen (secondary N) is 2. The van der Waals surface area contributed by atoms with Crippen molar-refractivity contribution in [3.63, 3.8) is 0 Å². The molecule has 0 aromatic heterocycles. The van der Waals surface area contributed by atoms with Gasteiger partial charge in [0, 0.05) is 12.0 Å². The zero-order valence-corrected chi connectivity index (χ0v) is 15.6. The van der Waals surface area contributed by atoms with Gasteiger partial charge in [0.2, 0.25) is 0 Å². The lowest BCUT2D eigenvalue weighted by atomic mass is 9.96. The second-order valence-corrected chi connectivity index (χ2v) is 6.58. The van der Waals surface area contributed by atoms with Crippen LogP contribution in [0.4, 0.5) is 10.5 Å². The van der Waals surface area contributed by atoms with Gasteiger partial charge in [-0.25, -0.2) is 9.59 Å². The highest BCUT2D eigenvalue weighted by Crippen LogP contribution is 2.47. The summed E-state index contributed by atoms with van der Waals surface area (Å²) in [5.74, 6) is 0.362. The molecule has 1 aliphatic carbocycles. The Morgan fingerprint density at radius 2 is 1.78 bits per heavy atom. The fourth-order valence-corrected chi connectivity index (χ4v) is 3.06. The third kappa shape index (κ3) is 4.39. The standard InChI is InChI=1S/C21H24N2O4/c1-3-27-19(24)17-6-4-5-7-18(17)23-20(25)22-14-21(12-13-21)15-8-10-16(26-2)11-9-15/h4-11H,3,12-14H2,1-2H3,(H2,22,23,25). The highest BCUT2D eigenvalue weighted by Gasteiger charge is 2.44. The highest BCUT2D eigenvalue weighted by molar-refractivity contribution is 6.00. The molecule has 1 saturated carbocycles. The lowest BCUT2D eigenvalue weighted by Gasteiger charge is -2.18. The molecule has 0 unspecified atom stereocenters. The van der Waals surface area contributed by atoms with Crippen LogP contribution in [0.2, 0.25) is 0 Å². The minimum atomic E-state index is -0.453. The van der Waals surface area contributed by atoms with E-state index in [9.17, 15) is 9.59 Å². The molecule has 6 heteroatoms. The van der Waals surface area contributed by atoms with Crippen molar-refractivity contribution in [1.82, 2.24) is 5.32 Å². The quantitative estimate of drug-likeness (QED) is 0.730. The Labute approximate surface area is 158 Å². The van der Waals surface area contributed by atoms with E-state index >= 15 is 0 Å². The van der Waals surface area contributed by atoms with Crippen LogP contribution in [0.5, 0.6) is 5.75 Å². The number of rotatable bonds is 7. The Morgan fingerprint density at radius 1 is 1.07 bits per heavy atom. The summed E-state index contributed by atoms with van der Waals surface area (Å²) in [4.78, 5) is 24.4. The van der Waals surface area contributed by atoms with Crippen molar-refractivity contribution < 1.29 is 19.1 Å². The zero-order chi connectivity index (χ0) is 19.3. The van der Waals surface area contributed by atoms with Gasteiger partial charge in [0.25, 0.3) is 0 Å². The second-order valence-electron chi connectivity index (χ2n) is 6.58. The summed E-state index contributed by atoms with van der Waals surface area (Å²) in [6, 6.07) is 14.4. The van der Waals surface area contributed by atoms with Gasteiger partial charge in [-0.2, -0.15) is 0 Å². The van der Waals surface area contributed by atoms with Gasteiger partial charge in [0.15, 0.2) is 0 Å². The molecule has 1 fully saturated rings. The number of esters is 1. The number of amides is 2. The molecular weight excluding hydrogens is 344 g/mol. The van der Waals surface area contributed by atoms with Gasteiger partial charge in [-0.1, -0.05) is 24.3 Å². The Morgan fingerprint density at radius 3 is 2.41 bits per heavy atom. The topological polar surface area (TPSA) is 76.7 Å². The van der Waals surface area contributed by atoms with Gasteiger partial charge in [-0.3, -0.25) is 0 Å². The summed E-state index contributed by atoms with van der Waals surface area (Å²) >= 11 is 0. The van der Waals surface area contributed by atoms with Crippen molar-refractivity contribution in [2.45, 2.75) is 25.2 Å². The SMILES string of the molecule is CCOC(=O)c1ccccc1NC(=O)NCC1(c2ccc(OC)cc2)CC1. The maximum absolute atomic E-state index is 12.4. The molecule has 142 valence electrons. The molecule has 0 bridgehead atoms. The minimum absolute atomic E-state index is 0.0235. The van der Waals surface area contributed by atoms with E-state index in [0.29, 0.717) is 17.8 Å². The number of methoxy groups -OCH3 is 1. The normalized spacial score (nSPS) is 14.1. The third-order valence-corrected chi connectivity index (χ3v) is 4.81. The lowest BCUT2D eigenvalue weighted by molar-refractivity contribution is 0.0527. The first-order chi connectivity index (χ1) is 13.1. The molecule has 2 aromatic carbocycles. The molecule has 0 atom stereocenters. The van der Waals surface area contributed by atoms with Crippen molar-refractivity contribution >= 4 is 17.7 Å². The van der Waals surface area contributed by atoms with E-state index in [4.69, 9.17) is 9.47 Å². The largest absolute Gasteiger partial charge is 0.497 e. The van der Waals surface area contributed by atoms with Crippen LogP contribution in [0, 0.1) is 0 Å². The van der Waals surface area contributed by atoms with Crippen LogP contribution in [-0.4, -0.2) is 32.3 Å². The van der Waals surface area contributed by atoms with Crippen molar-refractivity contribution in [3.8, 4) is 5.75 Å². The van der Waals surface area contributed by atoms with Crippen LogP contribution >= 0.6 is 0 Å². The molecule has 3 rings (SSSR count). The number of hydrogen-bond donors (Lipinski definition) is 2. The van der Waals surface area contributed by atoms with Crippen molar-refractivity contribution in [2.75, 3.05) is 25.6 Å². The van der Waals surface area contributed by atoms with Crippen LogP contribution in [0.1, 0.15) is 35.7 Å². The van der Waals surface area contributed by atoms with E-state index in [2.05, 4.69) is 10.6 Å². The Balaban J connectivity index is 1.61. The summed E-state index contributed by atoms with van der Waals surface area (Å²) < 4.78 is 10.2. The number of ether oxygens (including phenoxy) is 2. The molecule has 2 N–H and O–H groups in total. The molecule has 6 nitrogen and oxygen atoms in total. The van der Waals surface area contributed by atoms with Gasteiger partial charge in [0.1, 0.15) is 5.75 Å². The maximum Gasteiger partial charge on any atom is 0.340 e. The van der Waals surface area contributed by atoms with Gasteiger partial charge < -0.3 is 20.1 Å². The predicted octanol–water partition coefficient (Wildman–Crippen LogP) is 3.73. The molecule has 27 heavy (non-hydrogen) atoms. The first kappa shape index (κ1) is 18.8. The van der Waals surface area contributed by atoms with Gasteiger partial charge in [-0.05, 0) is 49.6 Å². The summed E-state index contributed by atoms with van der Waals surface area (Å²) in [5.41, 5.74) is 1.94. The van der Waals surface area contributed by atoms with Crippen LogP contribution in [-0.2, 0) is 10.2 Å². The molecule has 0 spiro atoms. The number of para-hydroxylation sites is 1. The fraction of sp³-hybridized carbons (Fsp3) is 0.333. The summed E-state index contributed by atoms with van der Waals surface area (Å²) in [6.07, 6.45) is 2.05. The molecule has 1 aliphatic rings. The Kier molecular flexibility index (Phi) is 5.64. The summed E-state index contributed by atoms with van der Waals surface area (Å²) in [6.45, 7) is 2.56. The van der Waals surface area contributed by atoms with Gasteiger partial charge in [-0.15, -0.1) is 0 Å². The summed E-state index contributed by atoms with van der Waals surface area (Å²) in [5, 5.41) is 5.67. The van der Waals surface area contributed by atoms with Gasteiger partial charge in [0.05, 0.1) is 25.0 Å². The molecule has 2 amide bonds. The van der Waals surface area contributed by atoms with E-state index in [1.54, 1.807) is 38.3 Å². The number of hydrogen-bond acceptors (Lipinski definition) is 4. The lowest BCUT2D eigenvalue weighted by Crippen LogP contribution is -2.35. The van der Waals surface area contributed by atoms with Crippen molar-refractivity contribution in [1.29, 1.82) is 0 Å². The van der Waals surface area contributed by atoms with Crippen LogP contribution in [0.15, 0.2) is 48.5 Å². The van der Waals surface area contributed by atoms with E-state index < -0.39 is 5.97 Å². The van der Waals surface area contributed by atoms with Crippen LogP contribution in [0.3, 0.4) is 0 Å². The molecule has 0 heterocycles. The molecule has 0 aliphatic heterocycles. The smallest absolute Gasteiger partial charge is 0.340 e. The number of benzene rings is 2. The second kappa shape index (κ2) is 8.12. The van der Waals surface area contributed by atoms with Gasteiger partial charge >= 0.3 is 12.0 Å². The molecule has 0 radical (unpaired) electrons. The number of carbonyl (C=O) groups is 2. The van der Waals surface area contributed by atoms with Crippen molar-refractivity contribution in [2.24, 2.45) is 0 Å². The van der Waals surface area contributed by atoms with Crippen LogP contribution < -0.4 is 15.4 Å². The van der Waals surface area contributed by atoms with E-state index in [1.165, 1.54) is 5.56 Å². The van der Waals surface area contributed by atoms with Crippen LogP contribution in [0.25, 0.3) is 0 Å². The Bertz CT molecular complexity index is 813. The van der Waals surface area contributed by atoms with Crippen molar-refractivity contribution in [3.05, 3.63) is 59.7 Å². The Hall–Kier alpha value is -3.02. The average molecular weight is 368 g/mol. The highest BCUT2D eigenvalue weighted by atomic mass is 16.5. The minimum Gasteiger partial charge on any atom is -0.497 e. The number of carbonyl (C=O) groups excluding carboxylic acids is 2. The number of urea groups is 1. The van der Waals surface area contributed by atoms with E-state index in [1.807, 2.05) is 24.3 Å². The fourth-order valence-electron chi connectivity index (χ4n) is 3.06. The summed E-state index contributed by atoms with van der Waals surface area (Å²) in [7, 11) is 1.64. The number of anilines is 1. The predicted molar refractivity (Wildman–Crippen MR) is 103 cm³/mol.